The van der Waals surface area contributed by atoms with E-state index in [0.29, 0.717) is 19.7 Å². The Morgan fingerprint density at radius 2 is 2.23 bits per heavy atom. The Labute approximate surface area is 94.6 Å². The Bertz CT molecular complexity index is 409. The molecule has 0 bridgehead atoms. The highest BCUT2D eigenvalue weighted by atomic mass is 127. The van der Waals surface area contributed by atoms with Crippen LogP contribution >= 0.6 is 34.2 Å². The molecule has 0 aliphatic rings. The molecule has 0 radical (unpaired) electrons. The van der Waals surface area contributed by atoms with Crippen molar-refractivity contribution in [3.05, 3.63) is 31.9 Å². The molecule has 0 unspecified atom stereocenters. The summed E-state index contributed by atoms with van der Waals surface area (Å²) in [6, 6.07) is 5.11. The predicted molar refractivity (Wildman–Crippen MR) is 58.9 cm³/mol. The Morgan fingerprint density at radius 3 is 2.69 bits per heavy atom. The maximum absolute atomic E-state index is 11.0. The van der Waals surface area contributed by atoms with Gasteiger partial charge in [0.25, 0.3) is 0 Å². The summed E-state index contributed by atoms with van der Waals surface area (Å²) in [4.78, 5) is 11.0. The van der Waals surface area contributed by atoms with Gasteiger partial charge in [0.15, 0.2) is 5.78 Å². The standard InChI is InChI=1S/C9H5ClINO/c1-5(13)6-2-7(4-12)9(11)8(10)3-6/h2-3H,1H3. The van der Waals surface area contributed by atoms with E-state index < -0.39 is 0 Å². The highest BCUT2D eigenvalue weighted by Gasteiger charge is 2.08. The maximum atomic E-state index is 11.0. The summed E-state index contributed by atoms with van der Waals surface area (Å²) >= 11 is 7.81. The number of ketones is 1. The van der Waals surface area contributed by atoms with E-state index in [9.17, 15) is 4.79 Å². The van der Waals surface area contributed by atoms with E-state index in [1.807, 2.05) is 28.7 Å². The first-order chi connectivity index (χ1) is 6.06. The third-order valence-corrected chi connectivity index (χ3v) is 3.33. The number of rotatable bonds is 1. The van der Waals surface area contributed by atoms with Crippen molar-refractivity contribution in [2.75, 3.05) is 0 Å². The molecule has 66 valence electrons. The van der Waals surface area contributed by atoms with E-state index in [4.69, 9.17) is 16.9 Å². The smallest absolute Gasteiger partial charge is 0.159 e. The number of carbonyl (C=O) groups is 1. The van der Waals surface area contributed by atoms with Crippen molar-refractivity contribution >= 4 is 40.0 Å². The average molecular weight is 306 g/mol. The van der Waals surface area contributed by atoms with Gasteiger partial charge in [-0.15, -0.1) is 0 Å². The number of nitriles is 1. The Hall–Kier alpha value is -0.600. The number of hydrogen-bond acceptors (Lipinski definition) is 2. The van der Waals surface area contributed by atoms with Gasteiger partial charge in [-0.3, -0.25) is 4.79 Å². The minimum absolute atomic E-state index is 0.0881. The first-order valence-electron chi connectivity index (χ1n) is 3.46. The molecule has 0 heterocycles. The molecule has 0 amide bonds. The average Bonchev–Trinajstić information content (AvgIpc) is 2.09. The molecule has 0 aliphatic carbocycles. The fourth-order valence-corrected chi connectivity index (χ4v) is 1.53. The number of carbonyl (C=O) groups excluding carboxylic acids is 1. The number of benzene rings is 1. The van der Waals surface area contributed by atoms with Crippen LogP contribution in [0, 0.1) is 14.9 Å². The van der Waals surface area contributed by atoms with Crippen LogP contribution in [0.3, 0.4) is 0 Å². The van der Waals surface area contributed by atoms with Gasteiger partial charge in [-0.25, -0.2) is 0 Å². The van der Waals surface area contributed by atoms with Gasteiger partial charge in [0.2, 0.25) is 0 Å². The van der Waals surface area contributed by atoms with Crippen LogP contribution in [0.5, 0.6) is 0 Å². The Balaban J connectivity index is 3.41. The normalized spacial score (nSPS) is 9.38. The summed E-state index contributed by atoms with van der Waals surface area (Å²) in [5.41, 5.74) is 0.917. The quantitative estimate of drug-likeness (QED) is 0.591. The lowest BCUT2D eigenvalue weighted by molar-refractivity contribution is 0.101. The molecule has 2 nitrogen and oxygen atoms in total. The van der Waals surface area contributed by atoms with Gasteiger partial charge in [0, 0.05) is 9.13 Å². The zero-order chi connectivity index (χ0) is 10.0. The fourth-order valence-electron chi connectivity index (χ4n) is 0.874. The molecular formula is C9H5ClINO. The summed E-state index contributed by atoms with van der Waals surface area (Å²) in [6.45, 7) is 1.44. The van der Waals surface area contributed by atoms with Crippen LogP contribution in [0.2, 0.25) is 5.02 Å². The molecule has 0 aromatic heterocycles. The second kappa shape index (κ2) is 4.07. The molecule has 0 saturated carbocycles. The van der Waals surface area contributed by atoms with Crippen molar-refractivity contribution in [2.45, 2.75) is 6.92 Å². The van der Waals surface area contributed by atoms with Crippen molar-refractivity contribution < 1.29 is 4.79 Å². The third kappa shape index (κ3) is 2.20. The van der Waals surface area contributed by atoms with Crippen LogP contribution in [-0.4, -0.2) is 5.78 Å². The van der Waals surface area contributed by atoms with Crippen molar-refractivity contribution in [2.24, 2.45) is 0 Å². The number of nitrogens with zero attached hydrogens (tertiary/aromatic N) is 1. The van der Waals surface area contributed by atoms with E-state index in [2.05, 4.69) is 0 Å². The summed E-state index contributed by atoms with van der Waals surface area (Å²) in [5, 5.41) is 9.17. The predicted octanol–water partition coefficient (Wildman–Crippen LogP) is 3.02. The molecule has 1 aromatic carbocycles. The van der Waals surface area contributed by atoms with Crippen LogP contribution < -0.4 is 0 Å². The van der Waals surface area contributed by atoms with E-state index >= 15 is 0 Å². The van der Waals surface area contributed by atoms with E-state index in [1.165, 1.54) is 6.92 Å². The lowest BCUT2D eigenvalue weighted by atomic mass is 10.1. The molecule has 1 aromatic rings. The Morgan fingerprint density at radius 1 is 1.62 bits per heavy atom. The summed E-state index contributed by atoms with van der Waals surface area (Å²) in [7, 11) is 0. The maximum Gasteiger partial charge on any atom is 0.159 e. The molecule has 0 fully saturated rings. The number of hydrogen-bond donors (Lipinski definition) is 0. The van der Waals surface area contributed by atoms with Crippen molar-refractivity contribution in [3.8, 4) is 6.07 Å². The molecule has 0 spiro atoms. The second-order valence-corrected chi connectivity index (χ2v) is 3.97. The van der Waals surface area contributed by atoms with E-state index in [-0.39, 0.29) is 5.78 Å². The number of halogens is 2. The van der Waals surface area contributed by atoms with Gasteiger partial charge < -0.3 is 0 Å². The van der Waals surface area contributed by atoms with Gasteiger partial charge >= 0.3 is 0 Å². The molecular weight excluding hydrogens is 300 g/mol. The monoisotopic (exact) mass is 305 g/mol. The lowest BCUT2D eigenvalue weighted by Crippen LogP contribution is -1.95. The highest BCUT2D eigenvalue weighted by Crippen LogP contribution is 2.23. The first-order valence-corrected chi connectivity index (χ1v) is 4.92. The molecule has 0 saturated heterocycles. The van der Waals surface area contributed by atoms with Crippen molar-refractivity contribution in [1.29, 1.82) is 5.26 Å². The third-order valence-electron chi connectivity index (χ3n) is 1.56. The van der Waals surface area contributed by atoms with Crippen molar-refractivity contribution in [3.63, 3.8) is 0 Å². The van der Waals surface area contributed by atoms with Gasteiger partial charge in [-0.2, -0.15) is 5.26 Å². The minimum atomic E-state index is -0.0881. The van der Waals surface area contributed by atoms with Gasteiger partial charge in [0.05, 0.1) is 10.6 Å². The first kappa shape index (κ1) is 10.5. The summed E-state index contributed by atoms with van der Waals surface area (Å²) in [5.74, 6) is -0.0881. The molecule has 4 heteroatoms. The van der Waals surface area contributed by atoms with Crippen molar-refractivity contribution in [1.82, 2.24) is 0 Å². The molecule has 0 N–H and O–H groups in total. The topological polar surface area (TPSA) is 40.9 Å². The largest absolute Gasteiger partial charge is 0.295 e. The molecule has 1 rings (SSSR count). The van der Waals surface area contributed by atoms with Crippen LogP contribution in [0.25, 0.3) is 0 Å². The van der Waals surface area contributed by atoms with Crippen LogP contribution in [-0.2, 0) is 0 Å². The Kier molecular flexibility index (Phi) is 3.28. The van der Waals surface area contributed by atoms with Crippen LogP contribution in [0.15, 0.2) is 12.1 Å². The second-order valence-electron chi connectivity index (χ2n) is 2.49. The number of Topliss-reactive ketones (excluding diaryl/α,β-unsaturated/α-hetero) is 1. The van der Waals surface area contributed by atoms with Crippen LogP contribution in [0.4, 0.5) is 0 Å². The van der Waals surface area contributed by atoms with E-state index in [1.54, 1.807) is 12.1 Å². The minimum Gasteiger partial charge on any atom is -0.295 e. The van der Waals surface area contributed by atoms with Crippen LogP contribution in [0.1, 0.15) is 22.8 Å². The van der Waals surface area contributed by atoms with Gasteiger partial charge in [-0.1, -0.05) is 11.6 Å². The SMILES string of the molecule is CC(=O)c1cc(Cl)c(I)c(C#N)c1. The molecule has 13 heavy (non-hydrogen) atoms. The lowest BCUT2D eigenvalue weighted by Gasteiger charge is -2.01. The van der Waals surface area contributed by atoms with E-state index in [0.717, 1.165) is 0 Å². The molecule has 0 aliphatic heterocycles. The fraction of sp³-hybridized carbons (Fsp3) is 0.111. The highest BCUT2D eigenvalue weighted by molar-refractivity contribution is 14.1. The summed E-state index contributed by atoms with van der Waals surface area (Å²) < 4.78 is 0.687. The zero-order valence-electron chi connectivity index (χ0n) is 6.77. The zero-order valence-corrected chi connectivity index (χ0v) is 9.68. The molecule has 0 atom stereocenters. The van der Waals surface area contributed by atoms with Gasteiger partial charge in [0.1, 0.15) is 6.07 Å². The van der Waals surface area contributed by atoms with Gasteiger partial charge in [-0.05, 0) is 41.6 Å². The summed E-state index contributed by atoms with van der Waals surface area (Å²) in [6.07, 6.45) is 0.